The summed E-state index contributed by atoms with van der Waals surface area (Å²) in [5.41, 5.74) is 3.95. The first-order chi connectivity index (χ1) is 15.9. The number of fused-ring (bicyclic) bond motifs is 1. The number of carbonyl (C=O) groups is 1. The van der Waals surface area contributed by atoms with Gasteiger partial charge in [-0.05, 0) is 63.8 Å². The maximum atomic E-state index is 13.3. The molecule has 33 heavy (non-hydrogen) atoms. The number of guanidine groups is 1. The first-order valence-electron chi connectivity index (χ1n) is 11.6. The van der Waals surface area contributed by atoms with E-state index in [0.29, 0.717) is 24.5 Å². The monoisotopic (exact) mass is 462 g/mol. The summed E-state index contributed by atoms with van der Waals surface area (Å²) in [6, 6.07) is 4.31. The Balaban J connectivity index is 1.76. The van der Waals surface area contributed by atoms with Gasteiger partial charge in [0.2, 0.25) is 5.96 Å². The SMILES string of the molecule is C=C/C(C)=C\C(=C/C)N1C(=O)NC(=Nc2cc[p+]3c(c2)=CC(C)C(C)N=3)N(CC)C1=C1CC1. The van der Waals surface area contributed by atoms with Gasteiger partial charge in [-0.25, -0.2) is 14.7 Å². The number of aliphatic imine (C=N–C) groups is 1. The van der Waals surface area contributed by atoms with E-state index in [1.165, 1.54) is 10.5 Å². The number of allylic oxidation sites excluding steroid dienone is 5. The van der Waals surface area contributed by atoms with Crippen LogP contribution >= 0.6 is 7.33 Å². The van der Waals surface area contributed by atoms with Gasteiger partial charge in [0.25, 0.3) is 7.33 Å². The number of urea groups is 1. The summed E-state index contributed by atoms with van der Waals surface area (Å²) in [5.74, 6) is 4.09. The fourth-order valence-electron chi connectivity index (χ4n) is 4.00. The highest BCUT2D eigenvalue weighted by atomic mass is 31.1. The molecule has 3 heterocycles. The van der Waals surface area contributed by atoms with E-state index in [0.717, 1.165) is 35.6 Å². The molecule has 1 saturated heterocycles. The van der Waals surface area contributed by atoms with Crippen molar-refractivity contribution in [3.05, 3.63) is 70.4 Å². The van der Waals surface area contributed by atoms with Gasteiger partial charge in [-0.3, -0.25) is 10.2 Å². The van der Waals surface area contributed by atoms with Gasteiger partial charge in [-0.15, -0.1) is 0 Å². The maximum absolute atomic E-state index is 13.3. The minimum absolute atomic E-state index is 0.189. The van der Waals surface area contributed by atoms with Crippen molar-refractivity contribution < 1.29 is 4.79 Å². The smallest absolute Gasteiger partial charge is 0.298 e. The van der Waals surface area contributed by atoms with Crippen LogP contribution in [0.25, 0.3) is 6.08 Å². The van der Waals surface area contributed by atoms with Gasteiger partial charge in [-0.2, -0.15) is 0 Å². The molecule has 1 aliphatic carbocycles. The molecule has 0 aromatic carbocycles. The summed E-state index contributed by atoms with van der Waals surface area (Å²) in [6.07, 6.45) is 10.1. The Bertz CT molecular complexity index is 1230. The number of carbonyl (C=O) groups excluding carboxylic acids is 1. The van der Waals surface area contributed by atoms with Crippen molar-refractivity contribution in [2.75, 3.05) is 6.54 Å². The molecule has 6 nitrogen and oxygen atoms in total. The lowest BCUT2D eigenvalue weighted by Gasteiger charge is -2.40. The Hall–Kier alpha value is -2.98. The van der Waals surface area contributed by atoms with Gasteiger partial charge in [0.1, 0.15) is 11.6 Å². The second-order valence-electron chi connectivity index (χ2n) is 8.71. The molecular formula is C26H33N5OP+. The van der Waals surface area contributed by atoms with Gasteiger partial charge < -0.3 is 0 Å². The highest BCUT2D eigenvalue weighted by molar-refractivity contribution is 7.37. The Kier molecular flexibility index (Phi) is 6.66. The van der Waals surface area contributed by atoms with Crippen LogP contribution in [0.5, 0.6) is 0 Å². The molecule has 3 atom stereocenters. The van der Waals surface area contributed by atoms with Crippen molar-refractivity contribution in [1.82, 2.24) is 15.1 Å². The third-order valence-electron chi connectivity index (χ3n) is 6.21. The summed E-state index contributed by atoms with van der Waals surface area (Å²) in [5, 5.41) is 3.04. The summed E-state index contributed by atoms with van der Waals surface area (Å²) in [4.78, 5) is 23.4. The lowest BCUT2D eigenvalue weighted by Crippen LogP contribution is -2.57. The second kappa shape index (κ2) is 9.48. The zero-order valence-corrected chi connectivity index (χ0v) is 21.1. The molecular weight excluding hydrogens is 429 g/mol. The Morgan fingerprint density at radius 1 is 1.39 bits per heavy atom. The molecule has 1 saturated carbocycles. The molecule has 2 aliphatic heterocycles. The molecule has 2 fully saturated rings. The predicted molar refractivity (Wildman–Crippen MR) is 138 cm³/mol. The standard InChI is InChI=1S/C26H32N5OP/c1-7-17(4)14-22(8-2)31-24(20-10-11-20)30(9-3)25(28-26(31)32)27-21-12-13-33-23(16-21)15-18(5)19(6)29-33/h7-8,12-16,18-19H,1,9-11H2,2-6H3/p+1/b17-14-,22-8+. The van der Waals surface area contributed by atoms with E-state index in [2.05, 4.69) is 55.5 Å². The molecule has 1 aromatic rings. The van der Waals surface area contributed by atoms with E-state index in [1.807, 2.05) is 32.1 Å². The van der Waals surface area contributed by atoms with Crippen LogP contribution in [0.4, 0.5) is 10.5 Å². The molecule has 3 aliphatic rings. The lowest BCUT2D eigenvalue weighted by atomic mass is 10.0. The van der Waals surface area contributed by atoms with E-state index in [4.69, 9.17) is 9.74 Å². The van der Waals surface area contributed by atoms with E-state index in [-0.39, 0.29) is 6.03 Å². The predicted octanol–water partition coefficient (Wildman–Crippen LogP) is 6.18. The topological polar surface area (TPSA) is 60.3 Å². The average Bonchev–Trinajstić information content (AvgIpc) is 3.63. The normalized spacial score (nSPS) is 24.8. The van der Waals surface area contributed by atoms with Gasteiger partial charge in [0.15, 0.2) is 4.95 Å². The lowest BCUT2D eigenvalue weighted by molar-refractivity contribution is 0.208. The van der Waals surface area contributed by atoms with Crippen LogP contribution in [0.3, 0.4) is 0 Å². The van der Waals surface area contributed by atoms with Crippen molar-refractivity contribution in [1.29, 1.82) is 0 Å². The van der Waals surface area contributed by atoms with Crippen LogP contribution in [0, 0.1) is 5.92 Å². The summed E-state index contributed by atoms with van der Waals surface area (Å²) >= 11 is 0. The fourth-order valence-corrected chi connectivity index (χ4v) is 5.93. The Morgan fingerprint density at radius 3 is 2.79 bits per heavy atom. The molecule has 1 N–H and O–H groups in total. The Morgan fingerprint density at radius 2 is 2.15 bits per heavy atom. The average molecular weight is 463 g/mol. The zero-order chi connectivity index (χ0) is 23.7. The van der Waals surface area contributed by atoms with Crippen LogP contribution in [-0.2, 0) is 0 Å². The first-order valence-corrected chi connectivity index (χ1v) is 13.0. The van der Waals surface area contributed by atoms with Gasteiger partial charge in [0.05, 0.1) is 11.7 Å². The van der Waals surface area contributed by atoms with Gasteiger partial charge in [0, 0.05) is 30.3 Å². The summed E-state index contributed by atoms with van der Waals surface area (Å²) in [7, 11) is -0.604. The van der Waals surface area contributed by atoms with Crippen LogP contribution < -0.4 is 10.3 Å². The number of amides is 2. The van der Waals surface area contributed by atoms with E-state index in [9.17, 15) is 4.79 Å². The minimum Gasteiger partial charge on any atom is -0.298 e. The summed E-state index contributed by atoms with van der Waals surface area (Å²) < 4.78 is 4.93. The van der Waals surface area contributed by atoms with Crippen LogP contribution in [-0.4, -0.2) is 34.4 Å². The second-order valence-corrected chi connectivity index (χ2v) is 10.4. The number of rotatable bonds is 5. The molecule has 0 spiro atoms. The molecule has 7 heteroatoms. The third kappa shape index (κ3) is 4.72. The van der Waals surface area contributed by atoms with Gasteiger partial charge in [-0.1, -0.05) is 30.4 Å². The number of nitrogens with zero attached hydrogens (tertiary/aromatic N) is 4. The molecule has 0 bridgehead atoms. The zero-order valence-electron chi connectivity index (χ0n) is 20.2. The molecule has 172 valence electrons. The highest BCUT2D eigenvalue weighted by Crippen LogP contribution is 2.38. The quantitative estimate of drug-likeness (QED) is 0.531. The number of hydrogen-bond acceptors (Lipinski definition) is 3. The van der Waals surface area contributed by atoms with Crippen molar-refractivity contribution in [3.8, 4) is 0 Å². The maximum Gasteiger partial charge on any atom is 0.334 e. The van der Waals surface area contributed by atoms with E-state index < -0.39 is 7.33 Å². The largest absolute Gasteiger partial charge is 0.334 e. The Labute approximate surface area is 197 Å². The molecule has 1 aromatic heterocycles. The first kappa shape index (κ1) is 23.2. The molecule has 0 radical (unpaired) electrons. The summed E-state index contributed by atoms with van der Waals surface area (Å²) in [6.45, 7) is 14.9. The molecule has 2 amide bonds. The van der Waals surface area contributed by atoms with Gasteiger partial charge >= 0.3 is 6.03 Å². The van der Waals surface area contributed by atoms with Crippen LogP contribution in [0.2, 0.25) is 0 Å². The van der Waals surface area contributed by atoms with Crippen molar-refractivity contribution in [2.45, 2.75) is 53.5 Å². The highest BCUT2D eigenvalue weighted by Gasteiger charge is 2.38. The van der Waals surface area contributed by atoms with Crippen LogP contribution in [0.15, 0.2) is 75.1 Å². The van der Waals surface area contributed by atoms with E-state index >= 15 is 0 Å². The molecule has 3 unspecified atom stereocenters. The number of hydrogen-bond donors (Lipinski definition) is 1. The van der Waals surface area contributed by atoms with Crippen molar-refractivity contribution in [2.24, 2.45) is 15.7 Å². The minimum atomic E-state index is -0.604. The van der Waals surface area contributed by atoms with E-state index in [1.54, 1.807) is 11.0 Å². The third-order valence-corrected chi connectivity index (χ3v) is 8.06. The number of nitrogens with one attached hydrogen (secondary N) is 1. The fraction of sp³-hybridized carbons (Fsp3) is 0.385. The van der Waals surface area contributed by atoms with Crippen molar-refractivity contribution >= 4 is 31.1 Å². The van der Waals surface area contributed by atoms with Crippen LogP contribution in [0.1, 0.15) is 47.5 Å². The molecule has 4 rings (SSSR count). The van der Waals surface area contributed by atoms with Crippen molar-refractivity contribution in [3.63, 3.8) is 0 Å².